The van der Waals surface area contributed by atoms with E-state index in [0.29, 0.717) is 18.4 Å². The zero-order chi connectivity index (χ0) is 18.0. The third kappa shape index (κ3) is 4.26. The quantitative estimate of drug-likeness (QED) is 0.642. The lowest BCUT2D eigenvalue weighted by Crippen LogP contribution is -2.34. The molecule has 0 bridgehead atoms. The van der Waals surface area contributed by atoms with Crippen LogP contribution in [0, 0.1) is 0 Å². The van der Waals surface area contributed by atoms with Crippen molar-refractivity contribution in [1.82, 2.24) is 5.32 Å². The Hall–Kier alpha value is -2.20. The summed E-state index contributed by atoms with van der Waals surface area (Å²) in [6.45, 7) is 6.00. The molecule has 0 radical (unpaired) electrons. The number of carbonyl (C=O) groups is 2. The summed E-state index contributed by atoms with van der Waals surface area (Å²) >= 11 is 1.66. The summed E-state index contributed by atoms with van der Waals surface area (Å²) in [6, 6.07) is 12.3. The highest BCUT2D eigenvalue weighted by Gasteiger charge is 2.32. The van der Waals surface area contributed by atoms with Gasteiger partial charge in [0.25, 0.3) is 0 Å². The normalized spacial score (nSPS) is 18.4. The van der Waals surface area contributed by atoms with E-state index in [1.807, 2.05) is 39.0 Å². The highest BCUT2D eigenvalue weighted by Crippen LogP contribution is 2.36. The Bertz CT molecular complexity index is 792. The monoisotopic (exact) mass is 353 g/mol. The summed E-state index contributed by atoms with van der Waals surface area (Å²) in [5.41, 5.74) is 2.41. The van der Waals surface area contributed by atoms with Gasteiger partial charge in [0, 0.05) is 29.5 Å². The highest BCUT2D eigenvalue weighted by molar-refractivity contribution is 7.13. The van der Waals surface area contributed by atoms with Crippen LogP contribution in [0.3, 0.4) is 0 Å². The van der Waals surface area contributed by atoms with Gasteiger partial charge in [0.1, 0.15) is 0 Å². The van der Waals surface area contributed by atoms with Crippen molar-refractivity contribution in [3.63, 3.8) is 0 Å². The Morgan fingerprint density at radius 2 is 1.72 bits per heavy atom. The summed E-state index contributed by atoms with van der Waals surface area (Å²) in [4.78, 5) is 26.1. The van der Waals surface area contributed by atoms with E-state index in [1.165, 1.54) is 10.4 Å². The molecule has 0 spiro atoms. The molecule has 2 aromatic rings. The first-order chi connectivity index (χ1) is 11.8. The summed E-state index contributed by atoms with van der Waals surface area (Å²) in [7, 11) is 0. The molecular formula is C21H23NO2S. The van der Waals surface area contributed by atoms with Crippen LogP contribution in [0.5, 0.6) is 0 Å². The van der Waals surface area contributed by atoms with Gasteiger partial charge in [-0.3, -0.25) is 9.59 Å². The van der Waals surface area contributed by atoms with E-state index < -0.39 is 0 Å². The van der Waals surface area contributed by atoms with E-state index in [1.54, 1.807) is 17.5 Å². The third-order valence-corrected chi connectivity index (χ3v) is 5.26. The number of hydrogen-bond donors (Lipinski definition) is 1. The van der Waals surface area contributed by atoms with Crippen LogP contribution in [0.2, 0.25) is 0 Å². The average molecular weight is 353 g/mol. The van der Waals surface area contributed by atoms with Crippen molar-refractivity contribution in [3.8, 4) is 10.4 Å². The second kappa shape index (κ2) is 6.96. The molecule has 1 saturated carbocycles. The molecule has 1 aromatic carbocycles. The molecule has 1 heterocycles. The van der Waals surface area contributed by atoms with Gasteiger partial charge in [0.05, 0.1) is 5.57 Å². The SMILES string of the molecule is CC(C)(C)NC=C1C(=O)CC(c2csc(-c3ccccc3)c2)CC1=O. The van der Waals surface area contributed by atoms with Crippen molar-refractivity contribution < 1.29 is 9.59 Å². The van der Waals surface area contributed by atoms with Crippen molar-refractivity contribution in [1.29, 1.82) is 0 Å². The Kier molecular flexibility index (Phi) is 4.91. The number of Topliss-reactive ketones (excluding diaryl/α,β-unsaturated/α-hetero) is 2. The predicted octanol–water partition coefficient (Wildman–Crippen LogP) is 4.70. The standard InChI is InChI=1S/C21H23NO2S/c1-21(2,3)22-12-17-18(23)9-15(10-19(17)24)16-11-20(25-13-16)14-7-5-4-6-8-14/h4-8,11-13,15,22H,9-10H2,1-3H3. The molecule has 3 nitrogen and oxygen atoms in total. The molecule has 3 rings (SSSR count). The minimum Gasteiger partial charge on any atom is -0.386 e. The number of ketones is 2. The van der Waals surface area contributed by atoms with Crippen LogP contribution in [0.4, 0.5) is 0 Å². The Morgan fingerprint density at radius 1 is 1.08 bits per heavy atom. The highest BCUT2D eigenvalue weighted by atomic mass is 32.1. The van der Waals surface area contributed by atoms with Gasteiger partial charge in [-0.25, -0.2) is 0 Å². The summed E-state index contributed by atoms with van der Waals surface area (Å²) in [6.07, 6.45) is 2.40. The molecule has 0 atom stereocenters. The molecule has 25 heavy (non-hydrogen) atoms. The first kappa shape index (κ1) is 17.6. The summed E-state index contributed by atoms with van der Waals surface area (Å²) < 4.78 is 0. The number of allylic oxidation sites excluding steroid dienone is 1. The van der Waals surface area contributed by atoms with Crippen LogP contribution in [0.25, 0.3) is 10.4 Å². The Labute approximate surface area is 152 Å². The van der Waals surface area contributed by atoms with Crippen molar-refractivity contribution in [2.24, 2.45) is 0 Å². The second-order valence-electron chi connectivity index (χ2n) is 7.51. The van der Waals surface area contributed by atoms with E-state index in [2.05, 4.69) is 28.9 Å². The molecule has 1 aliphatic carbocycles. The number of carbonyl (C=O) groups excluding carboxylic acids is 2. The second-order valence-corrected chi connectivity index (χ2v) is 8.43. The number of nitrogens with one attached hydrogen (secondary N) is 1. The van der Waals surface area contributed by atoms with Crippen LogP contribution in [0.15, 0.2) is 53.6 Å². The minimum atomic E-state index is -0.164. The van der Waals surface area contributed by atoms with Crippen molar-refractivity contribution in [2.75, 3.05) is 0 Å². The van der Waals surface area contributed by atoms with Gasteiger partial charge in [-0.15, -0.1) is 11.3 Å². The van der Waals surface area contributed by atoms with Crippen LogP contribution in [0.1, 0.15) is 45.1 Å². The van der Waals surface area contributed by atoms with Gasteiger partial charge < -0.3 is 5.32 Å². The molecule has 1 aromatic heterocycles. The van der Waals surface area contributed by atoms with Crippen molar-refractivity contribution in [2.45, 2.75) is 45.1 Å². The van der Waals surface area contributed by atoms with Crippen LogP contribution < -0.4 is 5.32 Å². The largest absolute Gasteiger partial charge is 0.386 e. The predicted molar refractivity (Wildman–Crippen MR) is 103 cm³/mol. The Morgan fingerprint density at radius 3 is 2.32 bits per heavy atom. The van der Waals surface area contributed by atoms with Gasteiger partial charge in [-0.1, -0.05) is 30.3 Å². The number of rotatable bonds is 3. The molecular weight excluding hydrogens is 330 g/mol. The maximum atomic E-state index is 12.5. The van der Waals surface area contributed by atoms with Crippen LogP contribution in [-0.4, -0.2) is 17.1 Å². The smallest absolute Gasteiger partial charge is 0.168 e. The number of thiophene rings is 1. The van der Waals surface area contributed by atoms with E-state index in [-0.39, 0.29) is 23.0 Å². The lowest BCUT2D eigenvalue weighted by molar-refractivity contribution is -0.124. The van der Waals surface area contributed by atoms with E-state index in [9.17, 15) is 9.59 Å². The molecule has 0 aliphatic heterocycles. The fraction of sp³-hybridized carbons (Fsp3) is 0.333. The minimum absolute atomic E-state index is 0.0134. The van der Waals surface area contributed by atoms with Gasteiger partial charge >= 0.3 is 0 Å². The molecule has 130 valence electrons. The van der Waals surface area contributed by atoms with Crippen molar-refractivity contribution >= 4 is 22.9 Å². The zero-order valence-electron chi connectivity index (χ0n) is 14.8. The van der Waals surface area contributed by atoms with Gasteiger partial charge in [-0.05, 0) is 49.3 Å². The lowest BCUT2D eigenvalue weighted by Gasteiger charge is -2.24. The molecule has 0 unspecified atom stereocenters. The number of hydrogen-bond acceptors (Lipinski definition) is 4. The zero-order valence-corrected chi connectivity index (χ0v) is 15.7. The first-order valence-corrected chi connectivity index (χ1v) is 9.39. The maximum Gasteiger partial charge on any atom is 0.168 e. The average Bonchev–Trinajstić information content (AvgIpc) is 3.04. The Balaban J connectivity index is 1.76. The molecule has 0 saturated heterocycles. The third-order valence-electron chi connectivity index (χ3n) is 4.26. The van der Waals surface area contributed by atoms with Gasteiger partial charge in [0.2, 0.25) is 0 Å². The van der Waals surface area contributed by atoms with Crippen LogP contribution >= 0.6 is 11.3 Å². The molecule has 1 aliphatic rings. The van der Waals surface area contributed by atoms with E-state index in [4.69, 9.17) is 0 Å². The lowest BCUT2D eigenvalue weighted by atomic mass is 9.81. The van der Waals surface area contributed by atoms with E-state index in [0.717, 1.165) is 5.56 Å². The number of benzene rings is 1. The summed E-state index contributed by atoms with van der Waals surface area (Å²) in [5, 5.41) is 5.21. The molecule has 4 heteroatoms. The maximum absolute atomic E-state index is 12.5. The fourth-order valence-electron chi connectivity index (χ4n) is 2.90. The van der Waals surface area contributed by atoms with Crippen molar-refractivity contribution in [3.05, 3.63) is 59.1 Å². The van der Waals surface area contributed by atoms with Crippen LogP contribution in [-0.2, 0) is 9.59 Å². The molecule has 0 amide bonds. The molecule has 1 N–H and O–H groups in total. The topological polar surface area (TPSA) is 46.2 Å². The van der Waals surface area contributed by atoms with Gasteiger partial charge in [0.15, 0.2) is 11.6 Å². The van der Waals surface area contributed by atoms with E-state index >= 15 is 0 Å². The first-order valence-electron chi connectivity index (χ1n) is 8.51. The fourth-order valence-corrected chi connectivity index (χ4v) is 3.90. The summed E-state index contributed by atoms with van der Waals surface area (Å²) in [5.74, 6) is -0.142. The van der Waals surface area contributed by atoms with Gasteiger partial charge in [-0.2, -0.15) is 0 Å². The molecule has 1 fully saturated rings.